The minimum Gasteiger partial charge on any atom is -0.491 e. The monoisotopic (exact) mass is 391 g/mol. The van der Waals surface area contributed by atoms with Gasteiger partial charge in [-0.25, -0.2) is 4.79 Å². The molecular weight excluding hydrogens is 361 g/mol. The number of ether oxygens (including phenoxy) is 3. The van der Waals surface area contributed by atoms with Crippen LogP contribution in [0.5, 0.6) is 5.75 Å². The van der Waals surface area contributed by atoms with Crippen LogP contribution in [0.2, 0.25) is 0 Å². The lowest BCUT2D eigenvalue weighted by Gasteiger charge is -2.22. The Morgan fingerprint density at radius 3 is 2.89 bits per heavy atom. The topological polar surface area (TPSA) is 75.3 Å². The summed E-state index contributed by atoms with van der Waals surface area (Å²) >= 11 is 0. The summed E-state index contributed by atoms with van der Waals surface area (Å²) < 4.78 is 29.2. The molecule has 1 amide bonds. The quantitative estimate of drug-likeness (QED) is 0.569. The predicted molar refractivity (Wildman–Crippen MR) is 106 cm³/mol. The molecule has 1 aromatic carbocycles. The van der Waals surface area contributed by atoms with Crippen molar-refractivity contribution in [3.8, 4) is 5.75 Å². The summed E-state index contributed by atoms with van der Waals surface area (Å²) in [4.78, 5) is 12.0. The average Bonchev–Trinajstić information content (AvgIpc) is 2.87. The summed E-state index contributed by atoms with van der Waals surface area (Å²) in [6, 6.07) is 5.83. The maximum Gasteiger partial charge on any atom is 0.499 e. The first-order valence-corrected chi connectivity index (χ1v) is 9.98. The lowest BCUT2D eigenvalue weighted by Crippen LogP contribution is -2.38. The van der Waals surface area contributed by atoms with Gasteiger partial charge in [0.25, 0.3) is 0 Å². The van der Waals surface area contributed by atoms with Crippen LogP contribution in [0.25, 0.3) is 0 Å². The van der Waals surface area contributed by atoms with Crippen molar-refractivity contribution >= 4 is 18.7 Å². The van der Waals surface area contributed by atoms with Gasteiger partial charge in [-0.1, -0.05) is 25.5 Å². The number of amides is 1. The van der Waals surface area contributed by atoms with Crippen LogP contribution in [0.15, 0.2) is 18.2 Å². The molecule has 0 saturated heterocycles. The van der Waals surface area contributed by atoms with Crippen molar-refractivity contribution < 1.29 is 28.3 Å². The fraction of sp³-hybridized carbons (Fsp3) is 0.650. The van der Waals surface area contributed by atoms with Gasteiger partial charge in [0, 0.05) is 18.6 Å². The first-order valence-electron chi connectivity index (χ1n) is 9.98. The van der Waals surface area contributed by atoms with E-state index in [2.05, 4.69) is 12.2 Å². The van der Waals surface area contributed by atoms with Gasteiger partial charge in [0.2, 0.25) is 0 Å². The summed E-state index contributed by atoms with van der Waals surface area (Å²) in [6.45, 7) is 9.51. The van der Waals surface area contributed by atoms with Gasteiger partial charge in [-0.3, -0.25) is 0 Å². The van der Waals surface area contributed by atoms with Crippen molar-refractivity contribution in [2.75, 3.05) is 26.4 Å². The van der Waals surface area contributed by atoms with Gasteiger partial charge in [0.15, 0.2) is 0 Å². The van der Waals surface area contributed by atoms with Crippen molar-refractivity contribution in [3.63, 3.8) is 0 Å². The smallest absolute Gasteiger partial charge is 0.491 e. The van der Waals surface area contributed by atoms with E-state index in [1.165, 1.54) is 0 Å². The van der Waals surface area contributed by atoms with Gasteiger partial charge in [-0.05, 0) is 38.8 Å². The molecule has 3 rings (SSSR count). The highest BCUT2D eigenvalue weighted by Crippen LogP contribution is 2.30. The molecule has 0 fully saturated rings. The number of hydrogen-bond donors (Lipinski definition) is 1. The minimum atomic E-state index is -0.545. The van der Waals surface area contributed by atoms with E-state index in [9.17, 15) is 4.79 Å². The first-order chi connectivity index (χ1) is 13.4. The Kier molecular flexibility index (Phi) is 6.85. The lowest BCUT2D eigenvalue weighted by atomic mass is 9.77. The maximum absolute atomic E-state index is 12.0. The van der Waals surface area contributed by atoms with Crippen molar-refractivity contribution in [1.82, 2.24) is 5.32 Å². The van der Waals surface area contributed by atoms with Crippen molar-refractivity contribution in [2.45, 2.75) is 58.3 Å². The molecule has 0 spiro atoms. The third kappa shape index (κ3) is 5.40. The van der Waals surface area contributed by atoms with E-state index in [0.29, 0.717) is 26.4 Å². The Morgan fingerprint density at radius 2 is 2.14 bits per heavy atom. The molecule has 154 valence electrons. The third-order valence-electron chi connectivity index (χ3n) is 4.49. The molecule has 0 aliphatic carbocycles. The van der Waals surface area contributed by atoms with Crippen molar-refractivity contribution in [2.24, 2.45) is 0 Å². The van der Waals surface area contributed by atoms with Gasteiger partial charge >= 0.3 is 13.2 Å². The molecule has 2 heterocycles. The van der Waals surface area contributed by atoms with Gasteiger partial charge in [0.1, 0.15) is 24.1 Å². The SMILES string of the molecule is CCCCOCC1COc2cccc3c2B(O1)OC3CNC(=O)OC(C)(C)C. The highest BCUT2D eigenvalue weighted by atomic mass is 16.6. The largest absolute Gasteiger partial charge is 0.499 e. The molecule has 28 heavy (non-hydrogen) atoms. The van der Waals surface area contributed by atoms with E-state index < -0.39 is 18.8 Å². The fourth-order valence-electron chi connectivity index (χ4n) is 3.20. The summed E-state index contributed by atoms with van der Waals surface area (Å²) in [5.41, 5.74) is 1.32. The average molecular weight is 391 g/mol. The third-order valence-corrected chi connectivity index (χ3v) is 4.49. The number of alkyl carbamates (subject to hydrolysis) is 1. The number of unbranched alkanes of at least 4 members (excludes halogenated alkanes) is 1. The molecule has 1 aromatic rings. The van der Waals surface area contributed by atoms with Crippen LogP contribution in [0, 0.1) is 0 Å². The molecule has 0 bridgehead atoms. The summed E-state index contributed by atoms with van der Waals surface area (Å²) in [5.74, 6) is 0.762. The highest BCUT2D eigenvalue weighted by Gasteiger charge is 2.43. The Balaban J connectivity index is 1.62. The van der Waals surface area contributed by atoms with Crippen LogP contribution < -0.4 is 15.5 Å². The Labute approximate surface area is 167 Å². The molecule has 1 N–H and O–H groups in total. The number of rotatable bonds is 7. The number of benzene rings is 1. The van der Waals surface area contributed by atoms with Gasteiger partial charge < -0.3 is 28.8 Å². The molecule has 2 unspecified atom stereocenters. The van der Waals surface area contributed by atoms with Gasteiger partial charge in [0.05, 0.1) is 12.7 Å². The van der Waals surface area contributed by atoms with Crippen LogP contribution in [0.3, 0.4) is 0 Å². The summed E-state index contributed by atoms with van der Waals surface area (Å²) in [6.07, 6.45) is 1.12. The van der Waals surface area contributed by atoms with Crippen molar-refractivity contribution in [1.29, 1.82) is 0 Å². The van der Waals surface area contributed by atoms with Crippen LogP contribution in [-0.4, -0.2) is 51.3 Å². The van der Waals surface area contributed by atoms with E-state index in [-0.39, 0.29) is 12.2 Å². The second-order valence-corrected chi connectivity index (χ2v) is 8.10. The Bertz CT molecular complexity index is 677. The van der Waals surface area contributed by atoms with Crippen LogP contribution in [-0.2, 0) is 18.8 Å². The Hall–Kier alpha value is -1.77. The molecule has 7 nitrogen and oxygen atoms in total. The zero-order valence-corrected chi connectivity index (χ0v) is 17.2. The lowest BCUT2D eigenvalue weighted by molar-refractivity contribution is 0.0115. The zero-order chi connectivity index (χ0) is 20.1. The summed E-state index contributed by atoms with van der Waals surface area (Å²) in [7, 11) is -0.529. The minimum absolute atomic E-state index is 0.209. The molecule has 2 aliphatic heterocycles. The van der Waals surface area contributed by atoms with Crippen LogP contribution in [0.1, 0.15) is 52.2 Å². The number of nitrogens with one attached hydrogen (secondary N) is 1. The number of carbonyl (C=O) groups is 1. The first kappa shape index (κ1) is 21.0. The Morgan fingerprint density at radius 1 is 1.32 bits per heavy atom. The normalized spacial score (nSPS) is 20.9. The molecule has 2 aliphatic rings. The van der Waals surface area contributed by atoms with E-state index >= 15 is 0 Å². The predicted octanol–water partition coefficient (Wildman–Crippen LogP) is 2.57. The number of carbonyl (C=O) groups excluding carboxylic acids is 1. The van der Waals surface area contributed by atoms with Gasteiger partial charge in [-0.15, -0.1) is 0 Å². The second kappa shape index (κ2) is 9.16. The van der Waals surface area contributed by atoms with Crippen LogP contribution >= 0.6 is 0 Å². The van der Waals surface area contributed by atoms with Crippen LogP contribution in [0.4, 0.5) is 4.79 Å². The molecule has 0 saturated carbocycles. The standard InChI is InChI=1S/C20H30BNO6/c1-5-6-10-24-12-14-13-25-16-9-7-8-15-17(28-21(27-14)18(15)16)11-22-19(23)26-20(2,3)4/h7-9,14,17H,5-6,10-13H2,1-4H3,(H,22,23). The van der Waals surface area contributed by atoms with Gasteiger partial charge in [-0.2, -0.15) is 0 Å². The molecule has 8 heteroatoms. The fourth-order valence-corrected chi connectivity index (χ4v) is 3.20. The number of hydrogen-bond acceptors (Lipinski definition) is 6. The van der Waals surface area contributed by atoms with E-state index in [4.69, 9.17) is 23.5 Å². The van der Waals surface area contributed by atoms with Crippen molar-refractivity contribution in [3.05, 3.63) is 23.8 Å². The summed E-state index contributed by atoms with van der Waals surface area (Å²) in [5, 5.41) is 2.77. The van der Waals surface area contributed by atoms with E-state index in [1.54, 1.807) is 0 Å². The molecule has 0 radical (unpaired) electrons. The van der Waals surface area contributed by atoms with E-state index in [1.807, 2.05) is 39.0 Å². The highest BCUT2D eigenvalue weighted by molar-refractivity contribution is 6.64. The zero-order valence-electron chi connectivity index (χ0n) is 17.2. The van der Waals surface area contributed by atoms with E-state index in [0.717, 1.165) is 29.6 Å². The molecule has 0 aromatic heterocycles. The maximum atomic E-state index is 12.0. The second-order valence-electron chi connectivity index (χ2n) is 8.10. The molecular formula is C20H30BNO6. The molecule has 2 atom stereocenters.